The van der Waals surface area contributed by atoms with Crippen molar-refractivity contribution in [3.63, 3.8) is 0 Å². The summed E-state index contributed by atoms with van der Waals surface area (Å²) in [6.45, 7) is 6.78. The summed E-state index contributed by atoms with van der Waals surface area (Å²) in [6, 6.07) is 0. The number of esters is 1. The summed E-state index contributed by atoms with van der Waals surface area (Å²) in [5.41, 5.74) is 0. The van der Waals surface area contributed by atoms with Gasteiger partial charge in [0.2, 0.25) is 0 Å². The van der Waals surface area contributed by atoms with Crippen LogP contribution in [-0.4, -0.2) is 18.7 Å². The van der Waals surface area contributed by atoms with Crippen molar-refractivity contribution >= 4 is 12.1 Å². The summed E-state index contributed by atoms with van der Waals surface area (Å²) in [7, 11) is 0. The normalized spacial score (nSPS) is 10.8. The van der Waals surface area contributed by atoms with Gasteiger partial charge in [-0.2, -0.15) is 0 Å². The van der Waals surface area contributed by atoms with Gasteiger partial charge in [0.05, 0.1) is 6.61 Å². The number of carbonyl (C=O) groups is 2. The molecular formula is C19H36O4. The van der Waals surface area contributed by atoms with Crippen molar-refractivity contribution in [3.05, 3.63) is 0 Å². The van der Waals surface area contributed by atoms with Crippen LogP contribution in [0.2, 0.25) is 0 Å². The highest BCUT2D eigenvalue weighted by Crippen LogP contribution is 2.11. The first-order valence-corrected chi connectivity index (χ1v) is 9.43. The lowest BCUT2D eigenvalue weighted by Crippen LogP contribution is -2.14. The predicted molar refractivity (Wildman–Crippen MR) is 93.4 cm³/mol. The van der Waals surface area contributed by atoms with Gasteiger partial charge in [-0.1, -0.05) is 72.1 Å². The van der Waals surface area contributed by atoms with Crippen LogP contribution < -0.4 is 0 Å². The summed E-state index contributed by atoms with van der Waals surface area (Å²) in [5, 5.41) is 0. The van der Waals surface area contributed by atoms with Crippen LogP contribution in [0, 0.1) is 5.92 Å². The summed E-state index contributed by atoms with van der Waals surface area (Å²) < 4.78 is 9.50. The molecule has 0 radical (unpaired) electrons. The van der Waals surface area contributed by atoms with Gasteiger partial charge >= 0.3 is 12.1 Å². The van der Waals surface area contributed by atoms with Crippen LogP contribution in [0.15, 0.2) is 0 Å². The summed E-state index contributed by atoms with van der Waals surface area (Å²) in [4.78, 5) is 22.8. The fraction of sp³-hybridized carbons (Fsp3) is 0.895. The molecule has 136 valence electrons. The van der Waals surface area contributed by atoms with E-state index >= 15 is 0 Å². The lowest BCUT2D eigenvalue weighted by atomic mass is 10.1. The molecule has 0 aromatic heterocycles. The Morgan fingerprint density at radius 2 is 1.39 bits per heavy atom. The number of rotatable bonds is 14. The van der Waals surface area contributed by atoms with Crippen molar-refractivity contribution in [2.24, 2.45) is 5.92 Å². The summed E-state index contributed by atoms with van der Waals surface area (Å²) >= 11 is 0. The van der Waals surface area contributed by atoms with Crippen molar-refractivity contribution in [2.45, 2.75) is 97.8 Å². The fourth-order valence-electron chi connectivity index (χ4n) is 2.40. The number of carbonyl (C=O) groups excluding carboxylic acids is 2. The second-order valence-corrected chi connectivity index (χ2v) is 6.69. The van der Waals surface area contributed by atoms with Crippen molar-refractivity contribution in [3.8, 4) is 0 Å². The van der Waals surface area contributed by atoms with Crippen LogP contribution in [0.25, 0.3) is 0 Å². The molecule has 0 aliphatic heterocycles. The average molecular weight is 328 g/mol. The van der Waals surface area contributed by atoms with Crippen LogP contribution in [0.1, 0.15) is 97.8 Å². The van der Waals surface area contributed by atoms with Crippen molar-refractivity contribution in [1.82, 2.24) is 0 Å². The average Bonchev–Trinajstić information content (AvgIpc) is 2.49. The van der Waals surface area contributed by atoms with Gasteiger partial charge in [-0.15, -0.1) is 0 Å². The van der Waals surface area contributed by atoms with E-state index in [2.05, 4.69) is 25.5 Å². The van der Waals surface area contributed by atoms with Gasteiger partial charge < -0.3 is 9.47 Å². The molecule has 0 aromatic carbocycles. The van der Waals surface area contributed by atoms with Crippen LogP contribution in [-0.2, 0) is 14.3 Å². The largest absolute Gasteiger partial charge is 0.516 e. The van der Waals surface area contributed by atoms with E-state index in [-0.39, 0.29) is 0 Å². The maximum absolute atomic E-state index is 11.5. The number of hydrogen-bond acceptors (Lipinski definition) is 4. The maximum Gasteiger partial charge on any atom is 0.516 e. The Hall–Kier alpha value is -1.06. The Balaban J connectivity index is 3.37. The third-order valence-corrected chi connectivity index (χ3v) is 3.83. The Kier molecular flexibility index (Phi) is 15.1. The Morgan fingerprint density at radius 3 is 1.96 bits per heavy atom. The van der Waals surface area contributed by atoms with Gasteiger partial charge in [0.15, 0.2) is 0 Å². The molecule has 0 fully saturated rings. The van der Waals surface area contributed by atoms with Crippen molar-refractivity contribution < 1.29 is 19.1 Å². The van der Waals surface area contributed by atoms with Crippen molar-refractivity contribution in [1.29, 1.82) is 0 Å². The highest BCUT2D eigenvalue weighted by atomic mass is 16.7. The topological polar surface area (TPSA) is 52.6 Å². The minimum Gasteiger partial charge on any atom is -0.434 e. The zero-order chi connectivity index (χ0) is 17.3. The highest BCUT2D eigenvalue weighted by Gasteiger charge is 2.11. The SMILES string of the molecule is CCCCCCCCCCCC(=O)OC(=O)OCCCC(C)C. The zero-order valence-electron chi connectivity index (χ0n) is 15.4. The number of unbranched alkanes of at least 4 members (excludes halogenated alkanes) is 8. The van der Waals surface area contributed by atoms with Crippen LogP contribution in [0.4, 0.5) is 4.79 Å². The van der Waals surface area contributed by atoms with Crippen LogP contribution in [0.3, 0.4) is 0 Å². The first-order chi connectivity index (χ1) is 11.1. The lowest BCUT2D eigenvalue weighted by molar-refractivity contribution is -0.140. The molecule has 4 nitrogen and oxygen atoms in total. The summed E-state index contributed by atoms with van der Waals surface area (Å²) in [6.07, 6.45) is 12.0. The monoisotopic (exact) mass is 328 g/mol. The van der Waals surface area contributed by atoms with Crippen LogP contribution in [0.5, 0.6) is 0 Å². The molecule has 0 N–H and O–H groups in total. The standard InChI is InChI=1S/C19H36O4/c1-4-5-6-7-8-9-10-11-12-15-18(20)23-19(21)22-16-13-14-17(2)3/h17H,4-16H2,1-3H3. The van der Waals surface area contributed by atoms with E-state index in [1.807, 2.05) is 0 Å². The Bertz CT molecular complexity index is 300. The molecule has 23 heavy (non-hydrogen) atoms. The zero-order valence-corrected chi connectivity index (χ0v) is 15.4. The van der Waals surface area contributed by atoms with Gasteiger partial charge in [0.25, 0.3) is 0 Å². The van der Waals surface area contributed by atoms with Gasteiger partial charge in [-0.25, -0.2) is 4.79 Å². The third-order valence-electron chi connectivity index (χ3n) is 3.83. The van der Waals surface area contributed by atoms with E-state index in [1.54, 1.807) is 0 Å². The van der Waals surface area contributed by atoms with Gasteiger partial charge in [-0.05, 0) is 25.2 Å². The number of hydrogen-bond donors (Lipinski definition) is 0. The lowest BCUT2D eigenvalue weighted by Gasteiger charge is -2.06. The molecule has 0 bridgehead atoms. The molecule has 0 unspecified atom stereocenters. The van der Waals surface area contributed by atoms with E-state index in [0.29, 0.717) is 18.9 Å². The molecular weight excluding hydrogens is 292 g/mol. The highest BCUT2D eigenvalue weighted by molar-refractivity contribution is 5.81. The van der Waals surface area contributed by atoms with Crippen LogP contribution >= 0.6 is 0 Å². The molecule has 0 saturated carbocycles. The molecule has 0 aliphatic carbocycles. The minimum absolute atomic E-state index is 0.303. The van der Waals surface area contributed by atoms with E-state index < -0.39 is 12.1 Å². The first kappa shape index (κ1) is 21.9. The molecule has 0 rings (SSSR count). The van der Waals surface area contributed by atoms with Crippen molar-refractivity contribution in [2.75, 3.05) is 6.61 Å². The van der Waals surface area contributed by atoms with Gasteiger partial charge in [0, 0.05) is 6.42 Å². The van der Waals surface area contributed by atoms with Gasteiger partial charge in [0.1, 0.15) is 0 Å². The summed E-state index contributed by atoms with van der Waals surface area (Å²) in [5.74, 6) is 0.115. The Labute approximate surface area is 142 Å². The first-order valence-electron chi connectivity index (χ1n) is 9.43. The predicted octanol–water partition coefficient (Wildman–Crippen LogP) is 6.02. The molecule has 0 aromatic rings. The molecule has 0 saturated heterocycles. The van der Waals surface area contributed by atoms with E-state index in [4.69, 9.17) is 4.74 Å². The molecule has 0 aliphatic rings. The van der Waals surface area contributed by atoms with Gasteiger partial charge in [-0.3, -0.25) is 4.79 Å². The molecule has 4 heteroatoms. The number of ether oxygens (including phenoxy) is 2. The fourth-order valence-corrected chi connectivity index (χ4v) is 2.40. The molecule has 0 spiro atoms. The smallest absolute Gasteiger partial charge is 0.434 e. The van der Waals surface area contributed by atoms with E-state index in [0.717, 1.165) is 32.1 Å². The van der Waals surface area contributed by atoms with E-state index in [1.165, 1.54) is 38.5 Å². The third kappa shape index (κ3) is 17.1. The maximum atomic E-state index is 11.5. The molecule has 0 amide bonds. The second-order valence-electron chi connectivity index (χ2n) is 6.69. The Morgan fingerprint density at radius 1 is 0.826 bits per heavy atom. The van der Waals surface area contributed by atoms with E-state index in [9.17, 15) is 9.59 Å². The quantitative estimate of drug-likeness (QED) is 0.222. The minimum atomic E-state index is -0.852. The molecule has 0 atom stereocenters. The molecule has 0 heterocycles. The second kappa shape index (κ2) is 15.8.